The fourth-order valence-electron chi connectivity index (χ4n) is 0. The van der Waals surface area contributed by atoms with Gasteiger partial charge in [-0.15, -0.1) is 0 Å². The van der Waals surface area contributed by atoms with Gasteiger partial charge in [0, 0.05) is 0 Å². The van der Waals surface area contributed by atoms with E-state index in [1.54, 1.807) is 0 Å². The molecule has 0 saturated heterocycles. The zero-order valence-corrected chi connectivity index (χ0v) is 6.33. The van der Waals surface area contributed by atoms with E-state index in [1.807, 2.05) is 0 Å². The quantitative estimate of drug-likeness (QED) is 0.384. The van der Waals surface area contributed by atoms with Gasteiger partial charge in [0.25, 0.3) is 0 Å². The summed E-state index contributed by atoms with van der Waals surface area (Å²) >= 11 is 0.00694. The topological polar surface area (TPSA) is 158 Å². The Morgan fingerprint density at radius 3 is 0.625 bits per heavy atom. The predicted octanol–water partition coefficient (Wildman–Crippen LogP) is -2.75. The molecule has 0 aromatic heterocycles. The van der Waals surface area contributed by atoms with Gasteiger partial charge in [0.05, 0.1) is 0 Å². The Bertz CT molecular complexity index is 10.4. The van der Waals surface area contributed by atoms with Gasteiger partial charge in [-0.2, -0.15) is 0 Å². The van der Waals surface area contributed by atoms with Crippen molar-refractivity contribution in [3.05, 3.63) is 0 Å². The molecule has 0 atom stereocenters. The van der Waals surface area contributed by atoms with E-state index in [0.717, 1.165) is 0 Å². The van der Waals surface area contributed by atoms with Gasteiger partial charge in [0.1, 0.15) is 0 Å². The Balaban J connectivity index is -0.00000000200. The van der Waals surface area contributed by atoms with Crippen molar-refractivity contribution in [1.29, 1.82) is 0 Å². The maximum absolute atomic E-state index is 4.80. The molecule has 0 heterocycles. The Labute approximate surface area is 61.1 Å². The van der Waals surface area contributed by atoms with Crippen LogP contribution in [0.2, 0.25) is 0 Å². The van der Waals surface area contributed by atoms with E-state index >= 15 is 0 Å². The molecular formula is H10Cl2MnO5. The van der Waals surface area contributed by atoms with Gasteiger partial charge in [-0.3, -0.25) is 0 Å². The maximum atomic E-state index is 4.80. The zero-order chi connectivity index (χ0) is 2.71. The molecule has 0 aliphatic carbocycles. The molecular weight excluding hydrogens is 206 g/mol. The van der Waals surface area contributed by atoms with Crippen LogP contribution in [0.25, 0.3) is 0 Å². The fraction of sp³-hybridized carbons (Fsp3) is 0. The first-order valence-electron chi connectivity index (χ1n) is 0.286. The van der Waals surface area contributed by atoms with Gasteiger partial charge in [-0.1, -0.05) is 0 Å². The van der Waals surface area contributed by atoms with E-state index in [4.69, 9.17) is 20.2 Å². The fourth-order valence-corrected chi connectivity index (χ4v) is 0. The van der Waals surface area contributed by atoms with Gasteiger partial charge in [-0.25, -0.2) is 0 Å². The summed E-state index contributed by atoms with van der Waals surface area (Å²) in [5.74, 6) is 0. The van der Waals surface area contributed by atoms with Gasteiger partial charge in [0.15, 0.2) is 0 Å². The van der Waals surface area contributed by atoms with Crippen molar-refractivity contribution in [1.82, 2.24) is 0 Å². The van der Waals surface area contributed by atoms with Crippen molar-refractivity contribution in [3.63, 3.8) is 0 Å². The number of rotatable bonds is 0. The Hall–Kier alpha value is 0.899. The molecule has 61 valence electrons. The molecule has 8 heavy (non-hydrogen) atoms. The predicted molar refractivity (Wildman–Crippen MR) is 29.8 cm³/mol. The molecule has 0 amide bonds. The average Bonchev–Trinajstić information content (AvgIpc) is 0.918. The first-order chi connectivity index (χ1) is 1.41. The van der Waals surface area contributed by atoms with Gasteiger partial charge < -0.3 is 27.4 Å². The molecule has 0 saturated carbocycles. The van der Waals surface area contributed by atoms with Crippen molar-refractivity contribution in [2.45, 2.75) is 0 Å². The van der Waals surface area contributed by atoms with Gasteiger partial charge >= 0.3 is 33.3 Å². The molecule has 8 heteroatoms. The van der Waals surface area contributed by atoms with Crippen LogP contribution in [0.3, 0.4) is 0 Å². The summed E-state index contributed by atoms with van der Waals surface area (Å²) in [7, 11) is 9.59. The third-order valence-corrected chi connectivity index (χ3v) is 0. The molecule has 0 aromatic carbocycles. The molecule has 0 bridgehead atoms. The first-order valence-corrected chi connectivity index (χ1v) is 3.53. The van der Waals surface area contributed by atoms with Crippen molar-refractivity contribution in [2.75, 3.05) is 0 Å². The van der Waals surface area contributed by atoms with Crippen LogP contribution >= 0.6 is 20.2 Å². The van der Waals surface area contributed by atoms with E-state index in [9.17, 15) is 0 Å². The summed E-state index contributed by atoms with van der Waals surface area (Å²) in [6.07, 6.45) is 0. The number of hydrogen-bond donors (Lipinski definition) is 0. The van der Waals surface area contributed by atoms with E-state index in [-0.39, 0.29) is 40.5 Å². The Morgan fingerprint density at radius 1 is 0.625 bits per heavy atom. The van der Waals surface area contributed by atoms with Crippen molar-refractivity contribution in [2.24, 2.45) is 0 Å². The van der Waals surface area contributed by atoms with Gasteiger partial charge in [0.2, 0.25) is 0 Å². The van der Waals surface area contributed by atoms with Crippen LogP contribution in [0, 0.1) is 0 Å². The monoisotopic (exact) mass is 215 g/mol. The zero-order valence-electron chi connectivity index (χ0n) is 3.63. The summed E-state index contributed by atoms with van der Waals surface area (Å²) in [5.41, 5.74) is 0. The van der Waals surface area contributed by atoms with E-state index < -0.39 is 0 Å². The standard InChI is InChI=1S/2ClH.Mn.5H2O/h2*1H;;5*1H2/q;;+2;;;;;/p-2. The normalized spacial score (nSPS) is 2.25. The molecule has 5 nitrogen and oxygen atoms in total. The Morgan fingerprint density at radius 2 is 0.625 bits per heavy atom. The first kappa shape index (κ1) is 66.1. The third-order valence-electron chi connectivity index (χ3n) is 0. The summed E-state index contributed by atoms with van der Waals surface area (Å²) in [5, 5.41) is 0. The molecule has 0 rings (SSSR count). The molecule has 10 N–H and O–H groups in total. The number of halogens is 2. The minimum atomic E-state index is 0. The number of hydrogen-bond acceptors (Lipinski definition) is 0. The summed E-state index contributed by atoms with van der Waals surface area (Å²) < 4.78 is 0. The van der Waals surface area contributed by atoms with Crippen LogP contribution in [-0.2, 0) is 13.1 Å². The van der Waals surface area contributed by atoms with E-state index in [2.05, 4.69) is 0 Å². The van der Waals surface area contributed by atoms with Crippen molar-refractivity contribution in [3.8, 4) is 0 Å². The van der Waals surface area contributed by atoms with Crippen LogP contribution in [0.4, 0.5) is 0 Å². The summed E-state index contributed by atoms with van der Waals surface area (Å²) in [6.45, 7) is 0. The second kappa shape index (κ2) is 104. The van der Waals surface area contributed by atoms with Crippen LogP contribution in [0.5, 0.6) is 0 Å². The molecule has 0 aliphatic heterocycles. The molecule has 0 aromatic rings. The molecule has 0 spiro atoms. The summed E-state index contributed by atoms with van der Waals surface area (Å²) in [4.78, 5) is 0. The molecule has 0 fully saturated rings. The Kier molecular flexibility index (Phi) is 861. The molecule has 0 unspecified atom stereocenters. The molecule has 0 aliphatic rings. The van der Waals surface area contributed by atoms with E-state index in [0.29, 0.717) is 0 Å². The second-order valence-corrected chi connectivity index (χ2v) is 2.00. The van der Waals surface area contributed by atoms with Crippen molar-refractivity contribution < 1.29 is 40.5 Å². The van der Waals surface area contributed by atoms with Crippen molar-refractivity contribution >= 4 is 20.2 Å². The van der Waals surface area contributed by atoms with Crippen LogP contribution in [0.1, 0.15) is 0 Å². The van der Waals surface area contributed by atoms with Crippen LogP contribution in [0.15, 0.2) is 0 Å². The summed E-state index contributed by atoms with van der Waals surface area (Å²) in [6, 6.07) is 0. The SMILES string of the molecule is O.O.O.O.O.[Cl][Mn][Cl]. The molecule has 0 radical (unpaired) electrons. The average molecular weight is 216 g/mol. The third kappa shape index (κ3) is 297. The van der Waals surface area contributed by atoms with Crippen LogP contribution < -0.4 is 0 Å². The second-order valence-electron chi connectivity index (χ2n) is 0.0540. The van der Waals surface area contributed by atoms with E-state index in [1.165, 1.54) is 0 Å². The van der Waals surface area contributed by atoms with Crippen LogP contribution in [-0.4, -0.2) is 27.4 Å². The van der Waals surface area contributed by atoms with Gasteiger partial charge in [-0.05, 0) is 0 Å². The minimum absolute atomic E-state index is 0.